The van der Waals surface area contributed by atoms with E-state index in [4.69, 9.17) is 15.2 Å². The zero-order valence-corrected chi connectivity index (χ0v) is 15.5. The Bertz CT molecular complexity index is 770. The predicted octanol–water partition coefficient (Wildman–Crippen LogP) is 2.52. The fourth-order valence-corrected chi connectivity index (χ4v) is 3.32. The number of hydrogen-bond acceptors (Lipinski definition) is 5. The molecule has 0 unspecified atom stereocenters. The Hall–Kier alpha value is -2.18. The number of amides is 1. The highest BCUT2D eigenvalue weighted by molar-refractivity contribution is 5.98. The molecule has 140 valence electrons. The van der Waals surface area contributed by atoms with Crippen molar-refractivity contribution >= 4 is 16.8 Å². The van der Waals surface area contributed by atoms with Gasteiger partial charge in [0.25, 0.3) is 5.91 Å². The van der Waals surface area contributed by atoms with Crippen LogP contribution < -0.4 is 10.5 Å². The van der Waals surface area contributed by atoms with E-state index in [9.17, 15) is 4.79 Å². The Kier molecular flexibility index (Phi) is 6.06. The van der Waals surface area contributed by atoms with E-state index in [1.54, 1.807) is 7.11 Å². The van der Waals surface area contributed by atoms with Gasteiger partial charge in [0.1, 0.15) is 5.75 Å². The van der Waals surface area contributed by atoms with Crippen LogP contribution in [0, 0.1) is 6.92 Å². The minimum absolute atomic E-state index is 0.0492. The molecule has 2 N–H and O–H groups in total. The van der Waals surface area contributed by atoms with Gasteiger partial charge >= 0.3 is 0 Å². The van der Waals surface area contributed by atoms with E-state index in [2.05, 4.69) is 4.98 Å². The number of hydrogen-bond donors (Lipinski definition) is 1. The molecule has 2 aromatic rings. The van der Waals surface area contributed by atoms with E-state index in [0.717, 1.165) is 41.6 Å². The largest absolute Gasteiger partial charge is 0.497 e. The number of rotatable bonds is 6. The van der Waals surface area contributed by atoms with Crippen molar-refractivity contribution < 1.29 is 14.3 Å². The second-order valence-electron chi connectivity index (χ2n) is 6.68. The number of benzene rings is 1. The van der Waals surface area contributed by atoms with Crippen LogP contribution in [0.2, 0.25) is 0 Å². The molecule has 0 saturated carbocycles. The minimum Gasteiger partial charge on any atom is -0.497 e. The fraction of sp³-hybridized carbons (Fsp3) is 0.500. The van der Waals surface area contributed by atoms with E-state index in [-0.39, 0.29) is 12.0 Å². The average Bonchev–Trinajstić information content (AvgIpc) is 2.67. The Morgan fingerprint density at radius 3 is 2.77 bits per heavy atom. The predicted molar refractivity (Wildman–Crippen MR) is 102 cm³/mol. The summed E-state index contributed by atoms with van der Waals surface area (Å²) in [6, 6.07) is 7.65. The number of carbonyl (C=O) groups excluding carboxylic acids is 1. The Balaban J connectivity index is 1.69. The van der Waals surface area contributed by atoms with E-state index < -0.39 is 0 Å². The molecule has 0 spiro atoms. The number of aryl methyl sites for hydroxylation is 1. The van der Waals surface area contributed by atoms with Crippen LogP contribution in [0.4, 0.5) is 0 Å². The summed E-state index contributed by atoms with van der Waals surface area (Å²) < 4.78 is 11.1. The van der Waals surface area contributed by atoms with Crippen molar-refractivity contribution in [1.82, 2.24) is 9.88 Å². The number of nitrogens with zero attached hydrogens (tertiary/aromatic N) is 2. The number of piperidine rings is 1. The monoisotopic (exact) mass is 357 g/mol. The van der Waals surface area contributed by atoms with Gasteiger partial charge in [-0.2, -0.15) is 0 Å². The molecule has 0 bridgehead atoms. The molecule has 1 amide bonds. The number of methoxy groups -OCH3 is 1. The maximum atomic E-state index is 13.0. The van der Waals surface area contributed by atoms with Crippen molar-refractivity contribution in [2.75, 3.05) is 33.4 Å². The summed E-state index contributed by atoms with van der Waals surface area (Å²) in [5, 5.41) is 0.944. The number of carbonyl (C=O) groups is 1. The summed E-state index contributed by atoms with van der Waals surface area (Å²) in [6.07, 6.45) is 2.85. The second kappa shape index (κ2) is 8.47. The van der Waals surface area contributed by atoms with Gasteiger partial charge in [0, 0.05) is 31.1 Å². The number of likely N-dealkylation sites (tertiary alicyclic amines) is 1. The SMILES string of the molecule is COc1ccc2cc(C(=O)N3CCC(OCCCN)CC3)c(C)nc2c1. The maximum Gasteiger partial charge on any atom is 0.255 e. The Morgan fingerprint density at radius 2 is 2.08 bits per heavy atom. The summed E-state index contributed by atoms with van der Waals surface area (Å²) in [5.41, 5.74) is 7.75. The third-order valence-electron chi connectivity index (χ3n) is 4.88. The smallest absolute Gasteiger partial charge is 0.255 e. The molecule has 0 aliphatic carbocycles. The minimum atomic E-state index is 0.0492. The molecule has 1 fully saturated rings. The third-order valence-corrected chi connectivity index (χ3v) is 4.88. The van der Waals surface area contributed by atoms with Gasteiger partial charge in [-0.05, 0) is 50.9 Å². The summed E-state index contributed by atoms with van der Waals surface area (Å²) >= 11 is 0. The van der Waals surface area contributed by atoms with Crippen molar-refractivity contribution in [3.8, 4) is 5.75 Å². The number of aromatic nitrogens is 1. The van der Waals surface area contributed by atoms with Crippen LogP contribution in [-0.2, 0) is 4.74 Å². The first-order chi connectivity index (χ1) is 12.6. The van der Waals surface area contributed by atoms with Gasteiger partial charge in [0.2, 0.25) is 0 Å². The van der Waals surface area contributed by atoms with Crippen LogP contribution in [0.5, 0.6) is 5.75 Å². The summed E-state index contributed by atoms with van der Waals surface area (Å²) in [6.45, 7) is 4.66. The lowest BCUT2D eigenvalue weighted by atomic mass is 10.0. The Labute approximate surface area is 154 Å². The van der Waals surface area contributed by atoms with Gasteiger partial charge in [0.15, 0.2) is 0 Å². The van der Waals surface area contributed by atoms with Crippen molar-refractivity contribution in [3.63, 3.8) is 0 Å². The van der Waals surface area contributed by atoms with Crippen molar-refractivity contribution in [2.45, 2.75) is 32.3 Å². The van der Waals surface area contributed by atoms with Gasteiger partial charge in [-0.15, -0.1) is 0 Å². The maximum absolute atomic E-state index is 13.0. The molecule has 26 heavy (non-hydrogen) atoms. The topological polar surface area (TPSA) is 77.7 Å². The first-order valence-electron chi connectivity index (χ1n) is 9.18. The molecular weight excluding hydrogens is 330 g/mol. The molecule has 1 aliphatic rings. The zero-order chi connectivity index (χ0) is 18.5. The molecular formula is C20H27N3O3. The van der Waals surface area contributed by atoms with Gasteiger partial charge in [-0.3, -0.25) is 9.78 Å². The summed E-state index contributed by atoms with van der Waals surface area (Å²) in [4.78, 5) is 19.5. The molecule has 1 aliphatic heterocycles. The van der Waals surface area contributed by atoms with Crippen molar-refractivity contribution in [3.05, 3.63) is 35.5 Å². The van der Waals surface area contributed by atoms with Crippen LogP contribution in [0.25, 0.3) is 10.9 Å². The van der Waals surface area contributed by atoms with E-state index in [1.165, 1.54) is 0 Å². The quantitative estimate of drug-likeness (QED) is 0.804. The lowest BCUT2D eigenvalue weighted by Crippen LogP contribution is -2.41. The second-order valence-corrected chi connectivity index (χ2v) is 6.68. The molecule has 3 rings (SSSR count). The lowest BCUT2D eigenvalue weighted by Gasteiger charge is -2.32. The number of nitrogens with two attached hydrogens (primary N) is 1. The highest BCUT2D eigenvalue weighted by Crippen LogP contribution is 2.24. The average molecular weight is 357 g/mol. The van der Waals surface area contributed by atoms with Gasteiger partial charge in [0.05, 0.1) is 30.0 Å². The van der Waals surface area contributed by atoms with Crippen molar-refractivity contribution in [1.29, 1.82) is 0 Å². The molecule has 1 aromatic carbocycles. The fourth-order valence-electron chi connectivity index (χ4n) is 3.32. The van der Waals surface area contributed by atoms with E-state index in [0.29, 0.717) is 31.8 Å². The van der Waals surface area contributed by atoms with Crippen LogP contribution in [0.3, 0.4) is 0 Å². The van der Waals surface area contributed by atoms with Crippen molar-refractivity contribution in [2.24, 2.45) is 5.73 Å². The molecule has 1 saturated heterocycles. The molecule has 6 heteroatoms. The third kappa shape index (κ3) is 4.14. The Morgan fingerprint density at radius 1 is 1.31 bits per heavy atom. The van der Waals surface area contributed by atoms with Crippen LogP contribution in [0.1, 0.15) is 35.3 Å². The van der Waals surface area contributed by atoms with Crippen LogP contribution in [-0.4, -0.2) is 55.2 Å². The number of fused-ring (bicyclic) bond motifs is 1. The zero-order valence-electron chi connectivity index (χ0n) is 15.5. The standard InChI is InChI=1S/C20H27N3O3/c1-14-18(12-15-4-5-17(25-2)13-19(15)22-14)20(24)23-9-6-16(7-10-23)26-11-3-8-21/h4-5,12-13,16H,3,6-11,21H2,1-2H3. The van der Waals surface area contributed by atoms with Crippen LogP contribution in [0.15, 0.2) is 24.3 Å². The molecule has 0 atom stereocenters. The highest BCUT2D eigenvalue weighted by atomic mass is 16.5. The molecule has 0 radical (unpaired) electrons. The van der Waals surface area contributed by atoms with Gasteiger partial charge in [-0.1, -0.05) is 0 Å². The molecule has 1 aromatic heterocycles. The number of pyridine rings is 1. The molecule has 2 heterocycles. The first-order valence-corrected chi connectivity index (χ1v) is 9.18. The summed E-state index contributed by atoms with van der Waals surface area (Å²) in [7, 11) is 1.63. The first kappa shape index (κ1) is 18.6. The lowest BCUT2D eigenvalue weighted by molar-refractivity contribution is 0.00842. The molecule has 6 nitrogen and oxygen atoms in total. The normalized spacial score (nSPS) is 15.4. The van der Waals surface area contributed by atoms with Gasteiger partial charge in [-0.25, -0.2) is 0 Å². The number of ether oxygens (including phenoxy) is 2. The van der Waals surface area contributed by atoms with E-state index in [1.807, 2.05) is 36.1 Å². The van der Waals surface area contributed by atoms with Gasteiger partial charge < -0.3 is 20.1 Å². The summed E-state index contributed by atoms with van der Waals surface area (Å²) in [5.74, 6) is 0.813. The van der Waals surface area contributed by atoms with Crippen LogP contribution >= 0.6 is 0 Å². The highest BCUT2D eigenvalue weighted by Gasteiger charge is 2.25. The van der Waals surface area contributed by atoms with E-state index >= 15 is 0 Å².